The van der Waals surface area contributed by atoms with E-state index in [9.17, 15) is 0 Å². The number of hydrogen-bond acceptors (Lipinski definition) is 0. The zero-order chi connectivity index (χ0) is 4.12. The molecule has 0 aliphatic heterocycles. The summed E-state index contributed by atoms with van der Waals surface area (Å²) in [5.74, 6) is 0. The van der Waals surface area contributed by atoms with Crippen LogP contribution in [0.4, 0.5) is 0 Å². The summed E-state index contributed by atoms with van der Waals surface area (Å²) in [6.45, 7) is 6.69. The van der Waals surface area contributed by atoms with Gasteiger partial charge in [0.15, 0.2) is 0 Å². The summed E-state index contributed by atoms with van der Waals surface area (Å²) in [4.78, 5) is 0. The first-order valence-electron chi connectivity index (χ1n) is 1.46. The second-order valence-corrected chi connectivity index (χ2v) is 0.648. The van der Waals surface area contributed by atoms with Crippen LogP contribution >= 0.6 is 0 Å². The van der Waals surface area contributed by atoms with Crippen molar-refractivity contribution in [3.05, 3.63) is 24.8 Å². The molecule has 0 aromatic heterocycles. The molecule has 0 heterocycles. The van der Waals surface area contributed by atoms with Gasteiger partial charge in [0.1, 0.15) is 0 Å². The normalized spacial score (nSPS) is 7.50. The summed E-state index contributed by atoms with van der Waals surface area (Å²) in [5.41, 5.74) is 0. The minimum Gasteiger partial charge on any atom is -0.394 e. The van der Waals surface area contributed by atoms with E-state index in [4.69, 9.17) is 6.58 Å². The molecule has 0 atom stereocenters. The Hall–Kier alpha value is 0.532. The molecule has 0 bridgehead atoms. The molecule has 0 aromatic carbocycles. The number of allylic oxidation sites excluding steroid dienone is 3. The average molecular weight is 304 g/mol. The second-order valence-electron chi connectivity index (χ2n) is 0.648. The number of hydrogen-bond donors (Lipinski definition) is 0. The van der Waals surface area contributed by atoms with Gasteiger partial charge < -0.3 is 24.8 Å². The molecule has 0 fully saturated rings. The molecule has 0 amide bonds. The maximum absolute atomic E-state index is 4.90. The first-order valence-corrected chi connectivity index (χ1v) is 1.46. The van der Waals surface area contributed by atoms with E-state index >= 15 is 0 Å². The van der Waals surface area contributed by atoms with Crippen molar-refractivity contribution in [2.45, 2.75) is 6.92 Å². The summed E-state index contributed by atoms with van der Waals surface area (Å²) in [6.07, 6.45) is 5.81. The zero-order valence-electron chi connectivity index (χ0n) is 3.73. The van der Waals surface area contributed by atoms with Crippen molar-refractivity contribution in [1.82, 2.24) is 0 Å². The van der Waals surface area contributed by atoms with Crippen LogP contribution in [0.2, 0.25) is 0 Å². The van der Waals surface area contributed by atoms with Crippen LogP contribution in [0.5, 0.6) is 0 Å². The van der Waals surface area contributed by atoms with Gasteiger partial charge in [-0.3, -0.25) is 0 Å². The van der Waals surface area contributed by atoms with E-state index in [1.807, 2.05) is 0 Å². The van der Waals surface area contributed by atoms with Crippen molar-refractivity contribution < 1.29 is 31.1 Å². The topological polar surface area (TPSA) is 0 Å². The first kappa shape index (κ1) is 9.73. The Morgan fingerprint density at radius 1 is 1.67 bits per heavy atom. The molecule has 0 aliphatic rings. The summed E-state index contributed by atoms with van der Waals surface area (Å²) in [6, 6.07) is 0. The predicted octanol–water partition coefficient (Wildman–Crippen LogP) is 1.35. The van der Waals surface area contributed by atoms with Gasteiger partial charge in [0.05, 0.1) is 0 Å². The van der Waals surface area contributed by atoms with Crippen molar-refractivity contribution in [3.8, 4) is 0 Å². The molecule has 0 unspecified atom stereocenters. The van der Waals surface area contributed by atoms with E-state index in [-0.39, 0.29) is 31.1 Å². The largest absolute Gasteiger partial charge is 2.00 e. The summed E-state index contributed by atoms with van der Waals surface area (Å²) < 4.78 is 0. The third kappa shape index (κ3) is 8.82. The van der Waals surface area contributed by atoms with E-state index in [0.29, 0.717) is 0 Å². The van der Waals surface area contributed by atoms with Crippen LogP contribution in [-0.2, 0) is 0 Å². The van der Waals surface area contributed by atoms with Crippen molar-refractivity contribution in [1.29, 1.82) is 0 Å². The maximum atomic E-state index is 4.90. The van der Waals surface area contributed by atoms with Gasteiger partial charge in [-0.2, -0.15) is 0 Å². The van der Waals surface area contributed by atoms with Crippen LogP contribution in [0, 0.1) is 43.8 Å². The summed E-state index contributed by atoms with van der Waals surface area (Å²) >= 11 is 0. The van der Waals surface area contributed by atoms with Crippen molar-refractivity contribution in [3.63, 3.8) is 0 Å². The van der Waals surface area contributed by atoms with E-state index in [0.717, 1.165) is 0 Å². The van der Waals surface area contributed by atoms with Gasteiger partial charge in [-0.25, -0.2) is 0 Å². The zero-order valence-corrected chi connectivity index (χ0v) is 7.90. The van der Waals surface area contributed by atoms with Gasteiger partial charge in [0, 0.05) is 0 Å². The molecule has 0 spiro atoms. The van der Waals surface area contributed by atoms with Gasteiger partial charge in [-0.05, 0) is 0 Å². The van der Waals surface area contributed by atoms with E-state index in [2.05, 4.69) is 6.08 Å². The molecule has 0 saturated heterocycles. The second kappa shape index (κ2) is 9.11. The van der Waals surface area contributed by atoms with Gasteiger partial charge in [0.2, 0.25) is 0 Å². The molecule has 0 nitrogen and oxygen atoms in total. The van der Waals surface area contributed by atoms with Gasteiger partial charge in [-0.15, -0.1) is 6.92 Å². The van der Waals surface area contributed by atoms with Crippen LogP contribution < -0.4 is 0 Å². The molecule has 0 aromatic rings. The Morgan fingerprint density at radius 3 is 2.17 bits per heavy atom. The van der Waals surface area contributed by atoms with E-state index in [1.165, 1.54) is 6.08 Å². The Labute approximate surface area is 62.7 Å². The number of rotatable bonds is 1. The Bertz CT molecular complexity index is 45.9. The molecule has 6 heavy (non-hydrogen) atoms. The molecule has 0 N–H and O–H groups in total. The molecule has 0 rings (SSSR count). The van der Waals surface area contributed by atoms with Gasteiger partial charge >= 0.3 is 31.1 Å². The summed E-state index contributed by atoms with van der Waals surface area (Å²) in [7, 11) is 0. The first-order chi connectivity index (χ1) is 2.41. The summed E-state index contributed by atoms with van der Waals surface area (Å²) in [5, 5.41) is 0. The SMILES string of the molecule is [CH-]=CC=[C-]C.[U+2]. The third-order valence-corrected chi connectivity index (χ3v) is 0.263. The maximum Gasteiger partial charge on any atom is 2.00 e. The molecule has 0 radical (unpaired) electrons. The third-order valence-electron chi connectivity index (χ3n) is 0.263. The van der Waals surface area contributed by atoms with Crippen LogP contribution in [0.1, 0.15) is 6.92 Å². The molecule has 1 heteroatoms. The van der Waals surface area contributed by atoms with Crippen LogP contribution in [0.3, 0.4) is 0 Å². The Morgan fingerprint density at radius 2 is 2.17 bits per heavy atom. The Kier molecular flexibility index (Phi) is 14.8. The fourth-order valence-electron chi connectivity index (χ4n) is 0.0962. The van der Waals surface area contributed by atoms with Crippen molar-refractivity contribution >= 4 is 0 Å². The molecule has 30 valence electrons. The average Bonchev–Trinajstić information content (AvgIpc) is 1.41. The van der Waals surface area contributed by atoms with Crippen LogP contribution in [0.25, 0.3) is 0 Å². The quantitative estimate of drug-likeness (QED) is 0.507. The predicted molar refractivity (Wildman–Crippen MR) is 22.4 cm³/mol. The van der Waals surface area contributed by atoms with E-state index < -0.39 is 0 Å². The fourth-order valence-corrected chi connectivity index (χ4v) is 0.0962. The standard InChI is InChI=1S/C5H6.U/c1-3-5-4-2;/h1,3,5H,2H3;/q-2;+2. The molecular formula is C5H6U. The van der Waals surface area contributed by atoms with Crippen molar-refractivity contribution in [2.75, 3.05) is 0 Å². The van der Waals surface area contributed by atoms with Crippen LogP contribution in [0.15, 0.2) is 12.2 Å². The molecular weight excluding hydrogens is 298 g/mol. The van der Waals surface area contributed by atoms with Gasteiger partial charge in [-0.1, -0.05) is 0 Å². The minimum atomic E-state index is 0. The van der Waals surface area contributed by atoms with Crippen molar-refractivity contribution in [2.24, 2.45) is 0 Å². The van der Waals surface area contributed by atoms with E-state index in [1.54, 1.807) is 13.0 Å². The molecule has 0 saturated carbocycles. The fraction of sp³-hybridized carbons (Fsp3) is 0.200. The van der Waals surface area contributed by atoms with Gasteiger partial charge in [0.25, 0.3) is 0 Å². The minimum absolute atomic E-state index is 0. The Balaban J connectivity index is 0. The smallest absolute Gasteiger partial charge is 0.394 e. The van der Waals surface area contributed by atoms with Crippen LogP contribution in [-0.4, -0.2) is 0 Å². The molecule has 0 aliphatic carbocycles. The monoisotopic (exact) mass is 304 g/mol.